The summed E-state index contributed by atoms with van der Waals surface area (Å²) in [5, 5.41) is 2.93. The van der Waals surface area contributed by atoms with Gasteiger partial charge in [-0.15, -0.1) is 0 Å². The van der Waals surface area contributed by atoms with Gasteiger partial charge >= 0.3 is 5.97 Å². The number of hydrogen-bond acceptors (Lipinski definition) is 3. The molecular weight excluding hydrogens is 385 g/mol. The Kier molecular flexibility index (Phi) is 7.82. The summed E-state index contributed by atoms with van der Waals surface area (Å²) in [6.07, 6.45) is 4.70. The number of carbonyl (C=O) groups excluding carboxylic acids is 2. The van der Waals surface area contributed by atoms with Crippen molar-refractivity contribution >= 4 is 46.7 Å². The summed E-state index contributed by atoms with van der Waals surface area (Å²) < 4.78 is 4.99. The van der Waals surface area contributed by atoms with E-state index in [0.29, 0.717) is 19.4 Å². The fourth-order valence-electron chi connectivity index (χ4n) is 2.58. The van der Waals surface area contributed by atoms with Crippen LogP contribution in [0.15, 0.2) is 52.0 Å². The summed E-state index contributed by atoms with van der Waals surface area (Å²) in [6.45, 7) is 0.208. The highest BCUT2D eigenvalue weighted by molar-refractivity contribution is 6.59. The summed E-state index contributed by atoms with van der Waals surface area (Å²) in [5.41, 5.74) is 0.995. The van der Waals surface area contributed by atoms with Crippen LogP contribution in [0, 0.1) is 11.8 Å². The first kappa shape index (κ1) is 19.8. The number of halogens is 3. The van der Waals surface area contributed by atoms with E-state index in [-0.39, 0.29) is 22.0 Å². The molecule has 0 saturated heterocycles. The second kappa shape index (κ2) is 9.85. The lowest BCUT2D eigenvalue weighted by molar-refractivity contribution is -0.152. The van der Waals surface area contributed by atoms with Gasteiger partial charge in [0.05, 0.1) is 16.9 Å². The zero-order valence-electron chi connectivity index (χ0n) is 13.4. The Morgan fingerprint density at radius 3 is 2.32 bits per heavy atom. The van der Waals surface area contributed by atoms with E-state index in [4.69, 9.17) is 39.5 Å². The third-order valence-electron chi connectivity index (χ3n) is 3.93. The Morgan fingerprint density at radius 2 is 1.68 bits per heavy atom. The maximum absolute atomic E-state index is 12.5. The minimum absolute atomic E-state index is 0.0492. The van der Waals surface area contributed by atoms with Gasteiger partial charge in [0.25, 0.3) is 0 Å². The summed E-state index contributed by atoms with van der Waals surface area (Å²) >= 11 is 16.8. The van der Waals surface area contributed by atoms with E-state index in [1.165, 1.54) is 0 Å². The van der Waals surface area contributed by atoms with Gasteiger partial charge in [0.1, 0.15) is 11.1 Å². The van der Waals surface area contributed by atoms with Crippen LogP contribution in [0.2, 0.25) is 0 Å². The van der Waals surface area contributed by atoms with Gasteiger partial charge in [-0.05, 0) is 18.4 Å². The maximum Gasteiger partial charge on any atom is 0.310 e. The molecule has 0 unspecified atom stereocenters. The number of carbonyl (C=O) groups is 2. The number of allylic oxidation sites excluding steroid dienone is 2. The summed E-state index contributed by atoms with van der Waals surface area (Å²) in [4.78, 5) is 24.8. The molecule has 1 aliphatic rings. The van der Waals surface area contributed by atoms with Gasteiger partial charge in [-0.3, -0.25) is 9.59 Å². The standard InChI is InChI=1S/C18H18Cl3NO3/c19-15(16(20)21)11-25-18(24)14-9-5-4-8-13(14)17(23)22-10-12-6-2-1-3-7-12/h1-7,13-14H,8-11H2,(H,22,23)/t13-,14+/m1/s1. The molecule has 0 heterocycles. The molecule has 2 rings (SSSR count). The van der Waals surface area contributed by atoms with E-state index >= 15 is 0 Å². The van der Waals surface area contributed by atoms with Gasteiger partial charge in [-0.25, -0.2) is 0 Å². The zero-order chi connectivity index (χ0) is 18.2. The number of benzene rings is 1. The van der Waals surface area contributed by atoms with Gasteiger partial charge in [-0.2, -0.15) is 0 Å². The lowest BCUT2D eigenvalue weighted by Crippen LogP contribution is -2.39. The minimum atomic E-state index is -0.556. The van der Waals surface area contributed by atoms with Crippen molar-refractivity contribution in [3.8, 4) is 0 Å². The van der Waals surface area contributed by atoms with E-state index in [2.05, 4.69) is 5.32 Å². The van der Waals surface area contributed by atoms with Crippen molar-refractivity contribution in [2.75, 3.05) is 6.61 Å². The Morgan fingerprint density at radius 1 is 1.04 bits per heavy atom. The fourth-order valence-corrected chi connectivity index (χ4v) is 2.74. The number of ether oxygens (including phenoxy) is 1. The molecule has 1 aliphatic carbocycles. The van der Waals surface area contributed by atoms with E-state index in [1.54, 1.807) is 0 Å². The lowest BCUT2D eigenvalue weighted by Gasteiger charge is -2.26. The van der Waals surface area contributed by atoms with Crippen LogP contribution in [0.1, 0.15) is 18.4 Å². The summed E-state index contributed by atoms with van der Waals surface area (Å²) in [5.74, 6) is -1.70. The van der Waals surface area contributed by atoms with Crippen molar-refractivity contribution in [1.29, 1.82) is 0 Å². The molecule has 1 aromatic rings. The Bertz CT molecular complexity index is 669. The lowest BCUT2D eigenvalue weighted by atomic mass is 9.82. The smallest absolute Gasteiger partial charge is 0.310 e. The molecule has 134 valence electrons. The molecule has 4 nitrogen and oxygen atoms in total. The van der Waals surface area contributed by atoms with Crippen LogP contribution in [0.3, 0.4) is 0 Å². The van der Waals surface area contributed by atoms with Crippen LogP contribution in [0.25, 0.3) is 0 Å². The highest BCUT2D eigenvalue weighted by Crippen LogP contribution is 2.28. The second-order valence-corrected chi connectivity index (χ2v) is 7.04. The highest BCUT2D eigenvalue weighted by Gasteiger charge is 2.35. The van der Waals surface area contributed by atoms with Gasteiger partial charge in [0.2, 0.25) is 5.91 Å². The molecule has 25 heavy (non-hydrogen) atoms. The van der Waals surface area contributed by atoms with Crippen molar-refractivity contribution in [3.63, 3.8) is 0 Å². The Labute approximate surface area is 161 Å². The molecule has 0 bridgehead atoms. The van der Waals surface area contributed by atoms with E-state index in [1.807, 2.05) is 42.5 Å². The molecule has 0 saturated carbocycles. The Balaban J connectivity index is 1.95. The van der Waals surface area contributed by atoms with Crippen molar-refractivity contribution in [3.05, 3.63) is 57.6 Å². The quantitative estimate of drug-likeness (QED) is 0.570. The average Bonchev–Trinajstić information content (AvgIpc) is 2.64. The van der Waals surface area contributed by atoms with Crippen LogP contribution in [0.4, 0.5) is 0 Å². The number of nitrogens with one attached hydrogen (secondary N) is 1. The maximum atomic E-state index is 12.5. The zero-order valence-corrected chi connectivity index (χ0v) is 15.7. The number of amides is 1. The largest absolute Gasteiger partial charge is 0.460 e. The predicted molar refractivity (Wildman–Crippen MR) is 99.2 cm³/mol. The molecule has 0 fully saturated rings. The van der Waals surface area contributed by atoms with Gasteiger partial charge in [0, 0.05) is 6.54 Å². The van der Waals surface area contributed by atoms with Crippen molar-refractivity contribution < 1.29 is 14.3 Å². The van der Waals surface area contributed by atoms with E-state index in [9.17, 15) is 9.59 Å². The molecule has 0 aromatic heterocycles. The molecule has 1 N–H and O–H groups in total. The summed E-state index contributed by atoms with van der Waals surface area (Å²) in [7, 11) is 0. The third kappa shape index (κ3) is 6.07. The molecule has 7 heteroatoms. The first-order chi connectivity index (χ1) is 12.0. The average molecular weight is 403 g/mol. The van der Waals surface area contributed by atoms with Crippen molar-refractivity contribution in [2.24, 2.45) is 11.8 Å². The number of hydrogen-bond donors (Lipinski definition) is 1. The van der Waals surface area contributed by atoms with Crippen molar-refractivity contribution in [2.45, 2.75) is 19.4 Å². The monoisotopic (exact) mass is 401 g/mol. The van der Waals surface area contributed by atoms with Crippen LogP contribution in [0.5, 0.6) is 0 Å². The molecule has 0 aliphatic heterocycles. The molecule has 1 aromatic carbocycles. The minimum Gasteiger partial charge on any atom is -0.460 e. The van der Waals surface area contributed by atoms with Crippen LogP contribution >= 0.6 is 34.8 Å². The van der Waals surface area contributed by atoms with Gasteiger partial charge in [-0.1, -0.05) is 77.3 Å². The van der Waals surface area contributed by atoms with Gasteiger partial charge in [0.15, 0.2) is 0 Å². The van der Waals surface area contributed by atoms with Crippen LogP contribution in [-0.2, 0) is 20.9 Å². The van der Waals surface area contributed by atoms with Crippen LogP contribution < -0.4 is 5.32 Å². The third-order valence-corrected chi connectivity index (χ3v) is 4.88. The first-order valence-electron chi connectivity index (χ1n) is 7.82. The van der Waals surface area contributed by atoms with E-state index < -0.39 is 17.8 Å². The molecular formula is C18H18Cl3NO3. The summed E-state index contributed by atoms with van der Waals surface area (Å²) in [6, 6.07) is 9.58. The number of rotatable bonds is 6. The number of esters is 1. The fraction of sp³-hybridized carbons (Fsp3) is 0.333. The van der Waals surface area contributed by atoms with Crippen molar-refractivity contribution in [1.82, 2.24) is 5.32 Å². The molecule has 1 amide bonds. The van der Waals surface area contributed by atoms with E-state index in [0.717, 1.165) is 5.56 Å². The molecule has 2 atom stereocenters. The highest BCUT2D eigenvalue weighted by atomic mass is 35.5. The molecule has 0 radical (unpaired) electrons. The molecule has 0 spiro atoms. The second-order valence-electron chi connectivity index (χ2n) is 5.63. The Hall–Kier alpha value is -1.49. The first-order valence-corrected chi connectivity index (χ1v) is 8.95. The van der Waals surface area contributed by atoms with Gasteiger partial charge < -0.3 is 10.1 Å². The topological polar surface area (TPSA) is 55.4 Å². The predicted octanol–water partition coefficient (Wildman–Crippen LogP) is 4.31. The normalized spacial score (nSPS) is 19.2. The van der Waals surface area contributed by atoms with Crippen LogP contribution in [-0.4, -0.2) is 18.5 Å². The SMILES string of the molecule is O=C(OCC(Cl)=C(Cl)Cl)[C@H]1CC=CC[C@H]1C(=O)NCc1ccccc1.